The van der Waals surface area contributed by atoms with Crippen molar-refractivity contribution in [1.82, 2.24) is 9.88 Å². The van der Waals surface area contributed by atoms with Gasteiger partial charge in [0.1, 0.15) is 5.01 Å². The van der Waals surface area contributed by atoms with Crippen LogP contribution >= 0.6 is 11.3 Å². The van der Waals surface area contributed by atoms with Crippen LogP contribution in [0.3, 0.4) is 0 Å². The molecule has 1 saturated heterocycles. The molecule has 0 bridgehead atoms. The topological polar surface area (TPSA) is 42.2 Å². The number of aryl methyl sites for hydroxylation is 1. The van der Waals surface area contributed by atoms with Crippen LogP contribution in [0.4, 0.5) is 0 Å². The van der Waals surface area contributed by atoms with E-state index >= 15 is 0 Å². The monoisotopic (exact) mass is 211 g/mol. The van der Waals surface area contributed by atoms with Gasteiger partial charge in [-0.1, -0.05) is 0 Å². The van der Waals surface area contributed by atoms with Gasteiger partial charge in [0.25, 0.3) is 0 Å². The maximum Gasteiger partial charge on any atom is 0.107 e. The summed E-state index contributed by atoms with van der Waals surface area (Å²) in [5.74, 6) is 0. The van der Waals surface area contributed by atoms with Crippen molar-refractivity contribution >= 4 is 11.3 Å². The molecule has 1 aromatic rings. The molecule has 2 N–H and O–H groups in total. The predicted molar refractivity (Wildman–Crippen MR) is 59.3 cm³/mol. The molecule has 0 aromatic carbocycles. The van der Waals surface area contributed by atoms with Crippen LogP contribution in [0, 0.1) is 6.92 Å². The molecule has 0 radical (unpaired) electrons. The smallest absolute Gasteiger partial charge is 0.107 e. The molecule has 1 unspecified atom stereocenters. The van der Waals surface area contributed by atoms with Gasteiger partial charge in [-0.25, -0.2) is 4.98 Å². The number of rotatable bonds is 2. The van der Waals surface area contributed by atoms with Gasteiger partial charge in [0.15, 0.2) is 0 Å². The van der Waals surface area contributed by atoms with Crippen molar-refractivity contribution in [2.75, 3.05) is 13.1 Å². The van der Waals surface area contributed by atoms with Gasteiger partial charge >= 0.3 is 0 Å². The van der Waals surface area contributed by atoms with E-state index in [9.17, 15) is 0 Å². The molecule has 2 rings (SSSR count). The Bertz CT molecular complexity index is 297. The minimum atomic E-state index is 0.366. The van der Waals surface area contributed by atoms with Crippen molar-refractivity contribution in [3.8, 4) is 0 Å². The van der Waals surface area contributed by atoms with Crippen LogP contribution in [0.25, 0.3) is 0 Å². The minimum Gasteiger partial charge on any atom is -0.327 e. The molecule has 2 heterocycles. The van der Waals surface area contributed by atoms with Crippen LogP contribution < -0.4 is 5.73 Å². The highest BCUT2D eigenvalue weighted by Crippen LogP contribution is 2.16. The van der Waals surface area contributed by atoms with Crippen LogP contribution in [0.15, 0.2) is 6.20 Å². The normalized spacial score (nSPS) is 24.0. The van der Waals surface area contributed by atoms with E-state index in [4.69, 9.17) is 5.73 Å². The molecule has 1 aromatic heterocycles. The highest BCUT2D eigenvalue weighted by molar-refractivity contribution is 7.11. The van der Waals surface area contributed by atoms with E-state index in [1.54, 1.807) is 11.3 Å². The minimum absolute atomic E-state index is 0.366. The molecule has 14 heavy (non-hydrogen) atoms. The zero-order chi connectivity index (χ0) is 9.97. The Kier molecular flexibility index (Phi) is 3.15. The molecule has 1 atom stereocenters. The number of aromatic nitrogens is 1. The maximum absolute atomic E-state index is 5.93. The fraction of sp³-hybridized carbons (Fsp3) is 0.700. The average Bonchev–Trinajstić information content (AvgIpc) is 2.51. The molecule has 4 heteroatoms. The van der Waals surface area contributed by atoms with Crippen LogP contribution in [0.2, 0.25) is 0 Å². The summed E-state index contributed by atoms with van der Waals surface area (Å²) >= 11 is 1.79. The molecular formula is C10H17N3S. The van der Waals surface area contributed by atoms with E-state index in [1.807, 2.05) is 6.20 Å². The lowest BCUT2D eigenvalue weighted by atomic mass is 10.1. The third kappa shape index (κ3) is 2.53. The van der Waals surface area contributed by atoms with Gasteiger partial charge in [-0.05, 0) is 26.3 Å². The molecule has 78 valence electrons. The summed E-state index contributed by atoms with van der Waals surface area (Å²) < 4.78 is 0. The van der Waals surface area contributed by atoms with Crippen molar-refractivity contribution in [2.45, 2.75) is 32.4 Å². The Balaban J connectivity index is 1.90. The second-order valence-electron chi connectivity index (χ2n) is 4.00. The molecule has 0 saturated carbocycles. The number of likely N-dealkylation sites (tertiary alicyclic amines) is 1. The van der Waals surface area contributed by atoms with Crippen molar-refractivity contribution in [3.63, 3.8) is 0 Å². The number of hydrogen-bond donors (Lipinski definition) is 1. The average molecular weight is 211 g/mol. The van der Waals surface area contributed by atoms with Crippen molar-refractivity contribution < 1.29 is 0 Å². The Morgan fingerprint density at radius 2 is 2.57 bits per heavy atom. The van der Waals surface area contributed by atoms with Gasteiger partial charge in [0, 0.05) is 23.7 Å². The van der Waals surface area contributed by atoms with Crippen molar-refractivity contribution in [1.29, 1.82) is 0 Å². The molecule has 0 spiro atoms. The van der Waals surface area contributed by atoms with E-state index < -0.39 is 0 Å². The van der Waals surface area contributed by atoms with Crippen LogP contribution in [-0.4, -0.2) is 29.0 Å². The summed E-state index contributed by atoms with van der Waals surface area (Å²) in [6.07, 6.45) is 4.35. The number of nitrogens with zero attached hydrogens (tertiary/aromatic N) is 2. The number of hydrogen-bond acceptors (Lipinski definition) is 4. The first-order valence-corrected chi connectivity index (χ1v) is 5.95. The Morgan fingerprint density at radius 1 is 1.71 bits per heavy atom. The standard InChI is InChI=1S/C10H17N3S/c1-8-5-12-10(14-8)7-13-4-2-3-9(11)6-13/h5,9H,2-4,6-7,11H2,1H3. The van der Waals surface area contributed by atoms with Crippen molar-refractivity contribution in [3.05, 3.63) is 16.1 Å². The summed E-state index contributed by atoms with van der Waals surface area (Å²) in [5.41, 5.74) is 5.93. The largest absolute Gasteiger partial charge is 0.327 e. The van der Waals surface area contributed by atoms with E-state index in [0.29, 0.717) is 6.04 Å². The van der Waals surface area contributed by atoms with Crippen LogP contribution in [-0.2, 0) is 6.54 Å². The highest BCUT2D eigenvalue weighted by atomic mass is 32.1. The SMILES string of the molecule is Cc1cnc(CN2CCCC(N)C2)s1. The van der Waals surface area contributed by atoms with Gasteiger partial charge in [-0.3, -0.25) is 4.90 Å². The van der Waals surface area contributed by atoms with E-state index in [0.717, 1.165) is 13.1 Å². The highest BCUT2D eigenvalue weighted by Gasteiger charge is 2.17. The summed E-state index contributed by atoms with van der Waals surface area (Å²) in [5, 5.41) is 1.22. The second-order valence-corrected chi connectivity index (χ2v) is 5.32. The van der Waals surface area contributed by atoms with E-state index in [1.165, 1.54) is 29.3 Å². The molecule has 1 aliphatic rings. The van der Waals surface area contributed by atoms with Gasteiger partial charge in [0.2, 0.25) is 0 Å². The Morgan fingerprint density at radius 3 is 3.21 bits per heavy atom. The lowest BCUT2D eigenvalue weighted by Gasteiger charge is -2.29. The summed E-state index contributed by atoms with van der Waals surface area (Å²) in [6, 6.07) is 0.366. The first-order valence-electron chi connectivity index (χ1n) is 5.13. The zero-order valence-electron chi connectivity index (χ0n) is 8.57. The lowest BCUT2D eigenvalue weighted by molar-refractivity contribution is 0.201. The van der Waals surface area contributed by atoms with Gasteiger partial charge in [-0.2, -0.15) is 0 Å². The van der Waals surface area contributed by atoms with Gasteiger partial charge in [-0.15, -0.1) is 11.3 Å². The molecule has 0 amide bonds. The molecule has 1 aliphatic heterocycles. The van der Waals surface area contributed by atoms with Gasteiger partial charge < -0.3 is 5.73 Å². The molecule has 0 aliphatic carbocycles. The van der Waals surface area contributed by atoms with E-state index in [-0.39, 0.29) is 0 Å². The quantitative estimate of drug-likeness (QED) is 0.803. The summed E-state index contributed by atoms with van der Waals surface area (Å²) in [4.78, 5) is 8.07. The zero-order valence-corrected chi connectivity index (χ0v) is 9.39. The predicted octanol–water partition coefficient (Wildman–Crippen LogP) is 1.37. The fourth-order valence-corrected chi connectivity index (χ4v) is 2.73. The fourth-order valence-electron chi connectivity index (χ4n) is 1.90. The first-order chi connectivity index (χ1) is 6.74. The molecule has 3 nitrogen and oxygen atoms in total. The molecule has 1 fully saturated rings. The summed E-state index contributed by atoms with van der Waals surface area (Å²) in [7, 11) is 0. The number of nitrogens with two attached hydrogens (primary N) is 1. The summed E-state index contributed by atoms with van der Waals surface area (Å²) in [6.45, 7) is 5.28. The Hall–Kier alpha value is -0.450. The third-order valence-corrected chi connectivity index (χ3v) is 3.47. The van der Waals surface area contributed by atoms with Crippen LogP contribution in [0.5, 0.6) is 0 Å². The Labute approximate surface area is 88.9 Å². The van der Waals surface area contributed by atoms with E-state index in [2.05, 4.69) is 16.8 Å². The number of thiazole rings is 1. The first kappa shape index (κ1) is 10.1. The maximum atomic E-state index is 5.93. The number of piperidine rings is 1. The van der Waals surface area contributed by atoms with Crippen LogP contribution in [0.1, 0.15) is 22.7 Å². The van der Waals surface area contributed by atoms with Gasteiger partial charge in [0.05, 0.1) is 6.54 Å². The van der Waals surface area contributed by atoms with Crippen molar-refractivity contribution in [2.24, 2.45) is 5.73 Å². The third-order valence-electron chi connectivity index (χ3n) is 2.57. The lowest BCUT2D eigenvalue weighted by Crippen LogP contribution is -2.42. The molecular weight excluding hydrogens is 194 g/mol. The second kappa shape index (κ2) is 4.38.